The van der Waals surface area contributed by atoms with Gasteiger partial charge in [-0.05, 0) is 26.2 Å². The third kappa shape index (κ3) is 4.61. The highest BCUT2D eigenvalue weighted by Gasteiger charge is 2.38. The quantitative estimate of drug-likeness (QED) is 0.599. The summed E-state index contributed by atoms with van der Waals surface area (Å²) >= 11 is 0. The molecule has 18 heavy (non-hydrogen) atoms. The molecule has 7 nitrogen and oxygen atoms in total. The van der Waals surface area contributed by atoms with Crippen LogP contribution in [0.2, 0.25) is 0 Å². The molecular weight excluding hydrogens is 262 g/mol. The SMILES string of the molecule is CCOC(=O)CC[C@H](NS(=O)(=O)C1CC1)C(=O)O. The Morgan fingerprint density at radius 1 is 1.44 bits per heavy atom. The van der Waals surface area contributed by atoms with Gasteiger partial charge in [0.05, 0.1) is 11.9 Å². The molecule has 0 aromatic carbocycles. The van der Waals surface area contributed by atoms with Gasteiger partial charge in [0.2, 0.25) is 10.0 Å². The topological polar surface area (TPSA) is 110 Å². The molecule has 0 spiro atoms. The number of hydrogen-bond acceptors (Lipinski definition) is 5. The predicted octanol–water partition coefficient (Wildman–Crippen LogP) is -0.135. The van der Waals surface area contributed by atoms with Gasteiger partial charge in [-0.3, -0.25) is 9.59 Å². The van der Waals surface area contributed by atoms with E-state index in [1.807, 2.05) is 0 Å². The van der Waals surface area contributed by atoms with Crippen LogP contribution in [0.1, 0.15) is 32.6 Å². The van der Waals surface area contributed by atoms with Crippen molar-refractivity contribution < 1.29 is 27.9 Å². The monoisotopic (exact) mass is 279 g/mol. The summed E-state index contributed by atoms with van der Waals surface area (Å²) in [6.07, 6.45) is 0.872. The van der Waals surface area contributed by atoms with Crippen molar-refractivity contribution in [2.45, 2.75) is 43.9 Å². The molecule has 0 radical (unpaired) electrons. The third-order valence-corrected chi connectivity index (χ3v) is 4.47. The lowest BCUT2D eigenvalue weighted by atomic mass is 10.2. The van der Waals surface area contributed by atoms with Gasteiger partial charge in [-0.2, -0.15) is 0 Å². The first-order valence-electron chi connectivity index (χ1n) is 5.76. The van der Waals surface area contributed by atoms with Gasteiger partial charge < -0.3 is 9.84 Å². The Balaban J connectivity index is 2.50. The minimum atomic E-state index is -3.57. The van der Waals surface area contributed by atoms with E-state index in [4.69, 9.17) is 5.11 Å². The number of aliphatic carboxylic acids is 1. The first-order chi connectivity index (χ1) is 8.36. The van der Waals surface area contributed by atoms with Gasteiger partial charge in [0.25, 0.3) is 0 Å². The molecular formula is C10H17NO6S. The van der Waals surface area contributed by atoms with E-state index in [0.29, 0.717) is 12.8 Å². The Kier molecular flexibility index (Phi) is 5.09. The zero-order valence-electron chi connectivity index (χ0n) is 10.1. The summed E-state index contributed by atoms with van der Waals surface area (Å²) in [5, 5.41) is 8.42. The first-order valence-corrected chi connectivity index (χ1v) is 7.31. The molecule has 0 aromatic rings. The van der Waals surface area contributed by atoms with Gasteiger partial charge >= 0.3 is 11.9 Å². The molecule has 0 heterocycles. The molecule has 2 N–H and O–H groups in total. The van der Waals surface area contributed by atoms with E-state index in [2.05, 4.69) is 9.46 Å². The number of carbonyl (C=O) groups is 2. The summed E-state index contributed by atoms with van der Waals surface area (Å²) in [4.78, 5) is 22.0. The van der Waals surface area contributed by atoms with Crippen LogP contribution in [0.4, 0.5) is 0 Å². The molecule has 1 fully saturated rings. The van der Waals surface area contributed by atoms with E-state index in [1.54, 1.807) is 6.92 Å². The normalized spacial score (nSPS) is 17.2. The maximum atomic E-state index is 11.6. The Bertz CT molecular complexity index is 414. The molecule has 1 aliphatic rings. The Morgan fingerprint density at radius 3 is 2.50 bits per heavy atom. The van der Waals surface area contributed by atoms with Gasteiger partial charge in [0.15, 0.2) is 0 Å². The molecule has 8 heteroatoms. The Hall–Kier alpha value is -1.15. The van der Waals surface area contributed by atoms with Crippen molar-refractivity contribution in [1.29, 1.82) is 0 Å². The summed E-state index contributed by atoms with van der Waals surface area (Å²) in [5.41, 5.74) is 0. The molecule has 0 amide bonds. The maximum Gasteiger partial charge on any atom is 0.321 e. The van der Waals surface area contributed by atoms with Crippen molar-refractivity contribution in [2.75, 3.05) is 6.61 Å². The van der Waals surface area contributed by atoms with Gasteiger partial charge in [-0.15, -0.1) is 0 Å². The molecule has 104 valence electrons. The van der Waals surface area contributed by atoms with Crippen LogP contribution in [0.3, 0.4) is 0 Å². The highest BCUT2D eigenvalue weighted by Crippen LogP contribution is 2.27. The van der Waals surface area contributed by atoms with Crippen LogP contribution in [0.25, 0.3) is 0 Å². The number of ether oxygens (including phenoxy) is 1. The number of esters is 1. The molecule has 1 saturated carbocycles. The average Bonchev–Trinajstić information content (AvgIpc) is 3.07. The standard InChI is InChI=1S/C10H17NO6S/c1-2-17-9(12)6-5-8(10(13)14)11-18(15,16)7-3-4-7/h7-8,11H,2-6H2,1H3,(H,13,14)/t8-/m0/s1. The molecule has 1 atom stereocenters. The smallest absolute Gasteiger partial charge is 0.321 e. The molecule has 0 unspecified atom stereocenters. The van der Waals surface area contributed by atoms with Crippen molar-refractivity contribution in [3.05, 3.63) is 0 Å². The van der Waals surface area contributed by atoms with Crippen LogP contribution in [0.15, 0.2) is 0 Å². The van der Waals surface area contributed by atoms with Gasteiger partial charge in [-0.25, -0.2) is 13.1 Å². The fourth-order valence-corrected chi connectivity index (χ4v) is 2.97. The van der Waals surface area contributed by atoms with Crippen LogP contribution in [-0.2, 0) is 24.3 Å². The van der Waals surface area contributed by atoms with Crippen molar-refractivity contribution in [1.82, 2.24) is 4.72 Å². The minimum Gasteiger partial charge on any atom is -0.480 e. The molecule has 0 aliphatic heterocycles. The van der Waals surface area contributed by atoms with Crippen molar-refractivity contribution in [3.8, 4) is 0 Å². The van der Waals surface area contributed by atoms with Crippen molar-refractivity contribution in [3.63, 3.8) is 0 Å². The highest BCUT2D eigenvalue weighted by atomic mass is 32.2. The lowest BCUT2D eigenvalue weighted by Crippen LogP contribution is -2.42. The van der Waals surface area contributed by atoms with Crippen molar-refractivity contribution in [2.24, 2.45) is 0 Å². The summed E-state index contributed by atoms with van der Waals surface area (Å²) in [5.74, 6) is -1.82. The summed E-state index contributed by atoms with van der Waals surface area (Å²) in [6.45, 7) is 1.85. The molecule has 0 bridgehead atoms. The maximum absolute atomic E-state index is 11.6. The molecule has 0 aromatic heterocycles. The third-order valence-electron chi connectivity index (χ3n) is 2.51. The number of sulfonamides is 1. The molecule has 1 rings (SSSR count). The Morgan fingerprint density at radius 2 is 2.06 bits per heavy atom. The second-order valence-electron chi connectivity index (χ2n) is 4.10. The van der Waals surface area contributed by atoms with E-state index >= 15 is 0 Å². The minimum absolute atomic E-state index is 0.111. The fraction of sp³-hybridized carbons (Fsp3) is 0.800. The number of carboxylic acids is 1. The van der Waals surface area contributed by atoms with Crippen LogP contribution in [0.5, 0.6) is 0 Å². The number of carboxylic acid groups (broad SMARTS) is 1. The van der Waals surface area contributed by atoms with Crippen LogP contribution < -0.4 is 4.72 Å². The van der Waals surface area contributed by atoms with E-state index in [9.17, 15) is 18.0 Å². The lowest BCUT2D eigenvalue weighted by molar-refractivity contribution is -0.144. The second kappa shape index (κ2) is 6.14. The zero-order valence-corrected chi connectivity index (χ0v) is 10.9. The largest absolute Gasteiger partial charge is 0.480 e. The van der Waals surface area contributed by atoms with E-state index < -0.39 is 33.3 Å². The summed E-state index contributed by atoms with van der Waals surface area (Å²) in [6, 6.07) is -1.28. The van der Waals surface area contributed by atoms with Crippen molar-refractivity contribution >= 4 is 22.0 Å². The highest BCUT2D eigenvalue weighted by molar-refractivity contribution is 7.90. The van der Waals surface area contributed by atoms with Gasteiger partial charge in [0, 0.05) is 6.42 Å². The fourth-order valence-electron chi connectivity index (χ4n) is 1.40. The average molecular weight is 279 g/mol. The molecule has 1 aliphatic carbocycles. The number of hydrogen-bond donors (Lipinski definition) is 2. The summed E-state index contributed by atoms with van der Waals surface area (Å²) < 4.78 is 29.9. The second-order valence-corrected chi connectivity index (χ2v) is 6.09. The van der Waals surface area contributed by atoms with Gasteiger partial charge in [-0.1, -0.05) is 0 Å². The number of carbonyl (C=O) groups excluding carboxylic acids is 1. The summed E-state index contributed by atoms with van der Waals surface area (Å²) in [7, 11) is -3.57. The van der Waals surface area contributed by atoms with E-state index in [-0.39, 0.29) is 19.4 Å². The molecule has 0 saturated heterocycles. The zero-order chi connectivity index (χ0) is 13.8. The number of nitrogens with one attached hydrogen (secondary N) is 1. The van der Waals surface area contributed by atoms with Crippen LogP contribution in [-0.4, -0.2) is 43.4 Å². The number of rotatable bonds is 8. The van der Waals surface area contributed by atoms with Crippen LogP contribution in [0, 0.1) is 0 Å². The lowest BCUT2D eigenvalue weighted by Gasteiger charge is -2.13. The predicted molar refractivity (Wildman–Crippen MR) is 62.4 cm³/mol. The van der Waals surface area contributed by atoms with Gasteiger partial charge in [0.1, 0.15) is 6.04 Å². The van der Waals surface area contributed by atoms with Crippen LogP contribution >= 0.6 is 0 Å². The Labute approximate surface area is 106 Å². The van der Waals surface area contributed by atoms with E-state index in [1.165, 1.54) is 0 Å². The van der Waals surface area contributed by atoms with E-state index in [0.717, 1.165) is 0 Å². The first kappa shape index (κ1) is 14.9.